The number of ether oxygens (including phenoxy) is 1. The molecule has 0 spiro atoms. The summed E-state index contributed by atoms with van der Waals surface area (Å²) in [5.74, 6) is -4.13. The van der Waals surface area contributed by atoms with Crippen molar-refractivity contribution in [3.05, 3.63) is 58.7 Å². The van der Waals surface area contributed by atoms with Crippen LogP contribution < -0.4 is 10.5 Å². The summed E-state index contributed by atoms with van der Waals surface area (Å²) >= 11 is 0. The number of aliphatic hydroxyl groups is 1. The summed E-state index contributed by atoms with van der Waals surface area (Å²) in [5.41, 5.74) is 4.08. The lowest BCUT2D eigenvalue weighted by molar-refractivity contribution is -0.181. The molecule has 0 heterocycles. The quantitative estimate of drug-likeness (QED) is 0.364. The second-order valence-corrected chi connectivity index (χ2v) is 10.8. The van der Waals surface area contributed by atoms with Crippen molar-refractivity contribution in [2.75, 3.05) is 21.2 Å². The van der Waals surface area contributed by atoms with Gasteiger partial charge in [0.15, 0.2) is 34.7 Å². The molecule has 10 heteroatoms. The molecule has 2 saturated carbocycles. The summed E-state index contributed by atoms with van der Waals surface area (Å²) in [6.45, 7) is 0. The van der Waals surface area contributed by atoms with Crippen LogP contribution in [0.15, 0.2) is 36.4 Å². The van der Waals surface area contributed by atoms with Gasteiger partial charge in [0, 0.05) is 17.0 Å². The van der Waals surface area contributed by atoms with Gasteiger partial charge in [0.25, 0.3) is 0 Å². The van der Waals surface area contributed by atoms with Crippen LogP contribution in [0.25, 0.3) is 0 Å². The van der Waals surface area contributed by atoms with Gasteiger partial charge in [-0.3, -0.25) is 28.9 Å². The van der Waals surface area contributed by atoms with Crippen LogP contribution in [0.1, 0.15) is 33.5 Å². The average molecular weight is 545 g/mol. The first-order chi connectivity index (χ1) is 18.9. The smallest absolute Gasteiger partial charge is 0.235 e. The van der Waals surface area contributed by atoms with E-state index in [1.165, 1.54) is 11.0 Å². The number of aromatic hydroxyl groups is 1. The lowest BCUT2D eigenvalue weighted by atomic mass is 9.52. The number of phenolic OH excluding ortho intramolecular Hbond substituents is 1. The number of rotatable bonds is 3. The van der Waals surface area contributed by atoms with Crippen molar-refractivity contribution in [2.24, 2.45) is 29.4 Å². The number of methoxy groups -OCH3 is 1. The number of primary amides is 1. The Morgan fingerprint density at radius 1 is 1.10 bits per heavy atom. The largest absolute Gasteiger partial charge is 0.507 e. The second-order valence-electron chi connectivity index (χ2n) is 10.8. The highest BCUT2D eigenvalue weighted by molar-refractivity contribution is 6.32. The van der Waals surface area contributed by atoms with Crippen LogP contribution in [-0.4, -0.2) is 77.0 Å². The highest BCUT2D eigenvalue weighted by atomic mass is 16.5. The summed E-state index contributed by atoms with van der Waals surface area (Å²) < 4.78 is 5.23. The predicted octanol–water partition coefficient (Wildman–Crippen LogP) is 0.275. The van der Waals surface area contributed by atoms with E-state index in [1.807, 2.05) is 0 Å². The monoisotopic (exact) mass is 544 g/mol. The zero-order valence-electron chi connectivity index (χ0n) is 22.1. The summed E-state index contributed by atoms with van der Waals surface area (Å²) in [6.07, 6.45) is 0.116. The van der Waals surface area contributed by atoms with E-state index in [1.54, 1.807) is 51.5 Å². The van der Waals surface area contributed by atoms with Gasteiger partial charge in [-0.2, -0.15) is 0 Å². The number of amides is 1. The van der Waals surface area contributed by atoms with Gasteiger partial charge in [-0.15, -0.1) is 0 Å². The van der Waals surface area contributed by atoms with Gasteiger partial charge in [0.05, 0.1) is 24.6 Å². The van der Waals surface area contributed by atoms with Crippen LogP contribution in [0.4, 0.5) is 0 Å². The molecular weight excluding hydrogens is 516 g/mol. The number of likely N-dealkylation sites (N-methyl/N-ethyl adjacent to an activating group) is 1. The lowest BCUT2D eigenvalue weighted by Crippen LogP contribution is -2.74. The van der Waals surface area contributed by atoms with Crippen molar-refractivity contribution < 1.29 is 38.9 Å². The number of Topliss-reactive ketones (excluding diaryl/α,β-unsaturated/α-hetero) is 4. The van der Waals surface area contributed by atoms with Crippen molar-refractivity contribution >= 4 is 29.0 Å². The standard InChI is InChI=1S/C30H28N2O8/c1-32(2)24-19-13-16-12-18-15(8-7-14-5-4-6-17(11-14)40-3)9-10-20(33)22(18)25(34)21(16)27(36)30(19,39)28(37)23(26(24)35)29(31)38/h4-6,9-11,16,19,21,23-24,33,39H,12-13H2,1-3H3,(H2,31,38). The Balaban J connectivity index is 1.60. The second kappa shape index (κ2) is 9.70. The topological polar surface area (TPSA) is 164 Å². The van der Waals surface area contributed by atoms with E-state index in [0.29, 0.717) is 22.4 Å². The van der Waals surface area contributed by atoms with Crippen LogP contribution in [0.3, 0.4) is 0 Å². The molecule has 4 N–H and O–H groups in total. The molecular formula is C30H28N2O8. The fourth-order valence-corrected chi connectivity index (χ4v) is 6.56. The number of benzene rings is 2. The molecule has 0 aromatic heterocycles. The first kappa shape index (κ1) is 27.2. The third-order valence-corrected chi connectivity index (χ3v) is 8.36. The normalized spacial score (nSPS) is 29.2. The minimum absolute atomic E-state index is 0.0255. The molecule has 3 aliphatic carbocycles. The van der Waals surface area contributed by atoms with Crippen molar-refractivity contribution in [1.29, 1.82) is 0 Å². The molecule has 6 unspecified atom stereocenters. The Labute approximate surface area is 230 Å². The maximum absolute atomic E-state index is 13.9. The lowest BCUT2D eigenvalue weighted by Gasteiger charge is -2.52. The fraction of sp³-hybridized carbons (Fsp3) is 0.367. The van der Waals surface area contributed by atoms with Crippen LogP contribution in [0.2, 0.25) is 0 Å². The third kappa shape index (κ3) is 3.93. The Bertz CT molecular complexity index is 1550. The Morgan fingerprint density at radius 3 is 2.48 bits per heavy atom. The number of phenols is 1. The molecule has 5 rings (SSSR count). The molecule has 2 aromatic rings. The number of fused-ring (bicyclic) bond motifs is 3. The molecule has 0 saturated heterocycles. The van der Waals surface area contributed by atoms with Gasteiger partial charge in [-0.1, -0.05) is 17.9 Å². The van der Waals surface area contributed by atoms with Gasteiger partial charge < -0.3 is 20.7 Å². The predicted molar refractivity (Wildman–Crippen MR) is 140 cm³/mol. The van der Waals surface area contributed by atoms with Crippen LogP contribution >= 0.6 is 0 Å². The summed E-state index contributed by atoms with van der Waals surface area (Å²) in [7, 11) is 4.62. The van der Waals surface area contributed by atoms with Crippen LogP contribution in [0.5, 0.6) is 11.5 Å². The highest BCUT2D eigenvalue weighted by Gasteiger charge is 2.69. The third-order valence-electron chi connectivity index (χ3n) is 8.36. The number of carbonyl (C=O) groups excluding carboxylic acids is 5. The minimum Gasteiger partial charge on any atom is -0.507 e. The summed E-state index contributed by atoms with van der Waals surface area (Å²) in [5, 5.41) is 22.3. The van der Waals surface area contributed by atoms with Gasteiger partial charge in [0.2, 0.25) is 5.91 Å². The van der Waals surface area contributed by atoms with E-state index in [4.69, 9.17) is 10.5 Å². The molecule has 2 aromatic carbocycles. The summed E-state index contributed by atoms with van der Waals surface area (Å²) in [4.78, 5) is 67.7. The SMILES string of the molecule is COc1cccc(C#Cc2ccc(O)c3c2CC2CC4C(N(C)C)C(=O)C(C(N)=O)C(=O)C4(O)C(=O)C2C3=O)c1. The Hall–Kier alpha value is -4.33. The molecule has 10 nitrogen and oxygen atoms in total. The first-order valence-electron chi connectivity index (χ1n) is 12.8. The summed E-state index contributed by atoms with van der Waals surface area (Å²) in [6, 6.07) is 8.85. The molecule has 206 valence electrons. The molecule has 1 amide bonds. The molecule has 0 aliphatic heterocycles. The van der Waals surface area contributed by atoms with Gasteiger partial charge in [-0.05, 0) is 68.8 Å². The number of ketones is 4. The van der Waals surface area contributed by atoms with E-state index in [0.717, 1.165) is 0 Å². The maximum atomic E-state index is 13.9. The van der Waals surface area contributed by atoms with E-state index < -0.39 is 64.4 Å². The fourth-order valence-electron chi connectivity index (χ4n) is 6.56. The van der Waals surface area contributed by atoms with Crippen LogP contribution in [-0.2, 0) is 25.6 Å². The van der Waals surface area contributed by atoms with E-state index >= 15 is 0 Å². The van der Waals surface area contributed by atoms with Gasteiger partial charge in [0.1, 0.15) is 11.5 Å². The van der Waals surface area contributed by atoms with Crippen molar-refractivity contribution in [3.63, 3.8) is 0 Å². The molecule has 40 heavy (non-hydrogen) atoms. The molecule has 6 atom stereocenters. The average Bonchev–Trinajstić information content (AvgIpc) is 2.90. The number of hydrogen-bond donors (Lipinski definition) is 3. The molecule has 2 fully saturated rings. The van der Waals surface area contributed by atoms with Gasteiger partial charge >= 0.3 is 0 Å². The van der Waals surface area contributed by atoms with Crippen molar-refractivity contribution in [1.82, 2.24) is 4.90 Å². The van der Waals surface area contributed by atoms with E-state index in [-0.39, 0.29) is 24.2 Å². The molecule has 0 bridgehead atoms. The number of carbonyl (C=O) groups is 5. The minimum atomic E-state index is -2.75. The van der Waals surface area contributed by atoms with E-state index in [9.17, 15) is 34.2 Å². The first-order valence-corrected chi connectivity index (χ1v) is 12.8. The molecule has 0 radical (unpaired) electrons. The number of nitrogens with two attached hydrogens (primary N) is 1. The Kier molecular flexibility index (Phi) is 6.60. The van der Waals surface area contributed by atoms with Crippen molar-refractivity contribution in [2.45, 2.75) is 24.5 Å². The molecule has 3 aliphatic rings. The maximum Gasteiger partial charge on any atom is 0.235 e. The van der Waals surface area contributed by atoms with Gasteiger partial charge in [-0.25, -0.2) is 0 Å². The Morgan fingerprint density at radius 2 is 1.82 bits per heavy atom. The number of nitrogens with zero attached hydrogens (tertiary/aromatic N) is 1. The highest BCUT2D eigenvalue weighted by Crippen LogP contribution is 2.50. The van der Waals surface area contributed by atoms with Crippen LogP contribution in [0, 0.1) is 35.5 Å². The number of hydrogen-bond acceptors (Lipinski definition) is 9. The zero-order valence-corrected chi connectivity index (χ0v) is 22.1. The zero-order chi connectivity index (χ0) is 29.1. The van der Waals surface area contributed by atoms with E-state index in [2.05, 4.69) is 11.8 Å². The van der Waals surface area contributed by atoms with Crippen molar-refractivity contribution in [3.8, 4) is 23.3 Å².